The molecule has 0 aromatic rings. The molecule has 0 spiro atoms. The highest BCUT2D eigenvalue weighted by molar-refractivity contribution is 5.76. The van der Waals surface area contributed by atoms with E-state index in [4.69, 9.17) is 14.6 Å². The second-order valence-corrected chi connectivity index (χ2v) is 3.28. The standard InChI is InChI=1S/C10H19NO5/c1-3-4-6-16-10(14)11(5-7-15-2)8-9(12)13/h3-8H2,1-2H3,(H,12,13). The number of carboxylic acids is 1. The third-order valence-electron chi connectivity index (χ3n) is 1.87. The molecule has 1 N–H and O–H groups in total. The Bertz CT molecular complexity index is 219. The number of unbranched alkanes of at least 4 members (excludes halogenated alkanes) is 1. The van der Waals surface area contributed by atoms with Crippen LogP contribution in [0.5, 0.6) is 0 Å². The number of hydrogen-bond donors (Lipinski definition) is 1. The van der Waals surface area contributed by atoms with Crippen LogP contribution < -0.4 is 0 Å². The van der Waals surface area contributed by atoms with Crippen LogP contribution in [0.15, 0.2) is 0 Å². The van der Waals surface area contributed by atoms with Gasteiger partial charge in [0.2, 0.25) is 0 Å². The van der Waals surface area contributed by atoms with E-state index < -0.39 is 12.1 Å². The van der Waals surface area contributed by atoms with Crippen molar-refractivity contribution in [1.29, 1.82) is 0 Å². The molecule has 0 radical (unpaired) electrons. The normalized spacial score (nSPS) is 9.88. The predicted octanol–water partition coefficient (Wildman–Crippen LogP) is 0.956. The van der Waals surface area contributed by atoms with Crippen molar-refractivity contribution in [2.24, 2.45) is 0 Å². The summed E-state index contributed by atoms with van der Waals surface area (Å²) in [7, 11) is 1.49. The highest BCUT2D eigenvalue weighted by atomic mass is 16.6. The lowest BCUT2D eigenvalue weighted by atomic mass is 10.4. The number of nitrogens with zero attached hydrogens (tertiary/aromatic N) is 1. The Hall–Kier alpha value is -1.30. The van der Waals surface area contributed by atoms with Crippen LogP contribution in [-0.2, 0) is 14.3 Å². The minimum atomic E-state index is -1.07. The van der Waals surface area contributed by atoms with Crippen molar-refractivity contribution in [2.45, 2.75) is 19.8 Å². The molecule has 0 saturated carbocycles. The Labute approximate surface area is 95.1 Å². The first-order valence-electron chi connectivity index (χ1n) is 5.24. The Morgan fingerprint density at radius 2 is 2.00 bits per heavy atom. The molecular weight excluding hydrogens is 214 g/mol. The third-order valence-corrected chi connectivity index (χ3v) is 1.87. The molecule has 0 unspecified atom stereocenters. The van der Waals surface area contributed by atoms with Gasteiger partial charge in [-0.25, -0.2) is 4.79 Å². The third kappa shape index (κ3) is 7.05. The fraction of sp³-hybridized carbons (Fsp3) is 0.800. The summed E-state index contributed by atoms with van der Waals surface area (Å²) >= 11 is 0. The van der Waals surface area contributed by atoms with E-state index in [0.29, 0.717) is 6.61 Å². The van der Waals surface area contributed by atoms with Crippen LogP contribution in [0.3, 0.4) is 0 Å². The monoisotopic (exact) mass is 233 g/mol. The Morgan fingerprint density at radius 1 is 1.31 bits per heavy atom. The summed E-state index contributed by atoms with van der Waals surface area (Å²) in [6, 6.07) is 0. The van der Waals surface area contributed by atoms with E-state index in [-0.39, 0.29) is 19.7 Å². The van der Waals surface area contributed by atoms with Gasteiger partial charge in [0, 0.05) is 13.7 Å². The number of hydrogen-bond acceptors (Lipinski definition) is 4. The first kappa shape index (κ1) is 14.7. The van der Waals surface area contributed by atoms with Gasteiger partial charge in [-0.15, -0.1) is 0 Å². The molecular formula is C10H19NO5. The number of amides is 1. The minimum Gasteiger partial charge on any atom is -0.480 e. The van der Waals surface area contributed by atoms with Crippen LogP contribution in [0.4, 0.5) is 4.79 Å². The predicted molar refractivity (Wildman–Crippen MR) is 57.3 cm³/mol. The van der Waals surface area contributed by atoms with Gasteiger partial charge in [-0.05, 0) is 6.42 Å². The van der Waals surface area contributed by atoms with E-state index in [1.807, 2.05) is 6.92 Å². The van der Waals surface area contributed by atoms with Gasteiger partial charge < -0.3 is 14.6 Å². The summed E-state index contributed by atoms with van der Waals surface area (Å²) in [5.74, 6) is -1.07. The molecule has 0 bridgehead atoms. The molecule has 6 nitrogen and oxygen atoms in total. The fourth-order valence-electron chi connectivity index (χ4n) is 0.995. The van der Waals surface area contributed by atoms with E-state index in [9.17, 15) is 9.59 Å². The number of carboxylic acid groups (broad SMARTS) is 1. The average Bonchev–Trinajstić information content (AvgIpc) is 2.23. The van der Waals surface area contributed by atoms with E-state index in [1.54, 1.807) is 0 Å². The first-order chi connectivity index (χ1) is 7.61. The smallest absolute Gasteiger partial charge is 0.410 e. The molecule has 0 rings (SSSR count). The zero-order chi connectivity index (χ0) is 12.4. The largest absolute Gasteiger partial charge is 0.480 e. The minimum absolute atomic E-state index is 0.216. The number of methoxy groups -OCH3 is 1. The maximum absolute atomic E-state index is 11.4. The molecule has 0 aromatic heterocycles. The summed E-state index contributed by atoms with van der Waals surface area (Å²) in [4.78, 5) is 23.1. The molecule has 0 aromatic carbocycles. The molecule has 1 amide bonds. The Balaban J connectivity index is 4.04. The molecule has 16 heavy (non-hydrogen) atoms. The number of carbonyl (C=O) groups excluding carboxylic acids is 1. The van der Waals surface area contributed by atoms with Crippen molar-refractivity contribution >= 4 is 12.1 Å². The quantitative estimate of drug-likeness (QED) is 0.632. The molecule has 0 aliphatic heterocycles. The van der Waals surface area contributed by atoms with Crippen molar-refractivity contribution < 1.29 is 24.2 Å². The number of ether oxygens (including phenoxy) is 2. The Kier molecular flexibility index (Phi) is 8.24. The Morgan fingerprint density at radius 3 is 2.50 bits per heavy atom. The van der Waals surface area contributed by atoms with Crippen LogP contribution in [0.2, 0.25) is 0 Å². The zero-order valence-corrected chi connectivity index (χ0v) is 9.77. The lowest BCUT2D eigenvalue weighted by Gasteiger charge is -2.19. The molecule has 0 fully saturated rings. The molecule has 0 heterocycles. The summed E-state index contributed by atoms with van der Waals surface area (Å²) in [5.41, 5.74) is 0. The molecule has 94 valence electrons. The molecule has 0 saturated heterocycles. The molecule has 0 atom stereocenters. The van der Waals surface area contributed by atoms with Gasteiger partial charge in [0.05, 0.1) is 13.2 Å². The van der Waals surface area contributed by atoms with Crippen LogP contribution in [0.1, 0.15) is 19.8 Å². The zero-order valence-electron chi connectivity index (χ0n) is 9.77. The van der Waals surface area contributed by atoms with Crippen molar-refractivity contribution in [3.8, 4) is 0 Å². The van der Waals surface area contributed by atoms with Gasteiger partial charge in [-0.1, -0.05) is 13.3 Å². The second-order valence-electron chi connectivity index (χ2n) is 3.28. The van der Waals surface area contributed by atoms with Crippen LogP contribution >= 0.6 is 0 Å². The van der Waals surface area contributed by atoms with Crippen LogP contribution in [0, 0.1) is 0 Å². The first-order valence-corrected chi connectivity index (χ1v) is 5.24. The average molecular weight is 233 g/mol. The summed E-state index contributed by atoms with van der Waals surface area (Å²) in [5, 5.41) is 8.61. The van der Waals surface area contributed by atoms with E-state index >= 15 is 0 Å². The maximum atomic E-state index is 11.4. The second kappa shape index (κ2) is 8.96. The van der Waals surface area contributed by atoms with Gasteiger partial charge in [-0.3, -0.25) is 9.69 Å². The molecule has 6 heteroatoms. The van der Waals surface area contributed by atoms with Crippen molar-refractivity contribution in [3.05, 3.63) is 0 Å². The number of rotatable bonds is 8. The lowest BCUT2D eigenvalue weighted by molar-refractivity contribution is -0.138. The van der Waals surface area contributed by atoms with Crippen LogP contribution in [-0.4, -0.2) is 55.5 Å². The summed E-state index contributed by atoms with van der Waals surface area (Å²) in [6.07, 6.45) is 1.09. The SMILES string of the molecule is CCCCOC(=O)N(CCOC)CC(=O)O. The van der Waals surface area contributed by atoms with Crippen molar-refractivity contribution in [3.63, 3.8) is 0 Å². The van der Waals surface area contributed by atoms with Crippen molar-refractivity contribution in [1.82, 2.24) is 4.90 Å². The van der Waals surface area contributed by atoms with Gasteiger partial charge in [0.1, 0.15) is 6.54 Å². The molecule has 0 aliphatic carbocycles. The van der Waals surface area contributed by atoms with E-state index in [0.717, 1.165) is 17.7 Å². The summed E-state index contributed by atoms with van der Waals surface area (Å²) in [6.45, 7) is 2.43. The topological polar surface area (TPSA) is 76.1 Å². The van der Waals surface area contributed by atoms with Crippen LogP contribution in [0.25, 0.3) is 0 Å². The van der Waals surface area contributed by atoms with E-state index in [2.05, 4.69) is 0 Å². The lowest BCUT2D eigenvalue weighted by Crippen LogP contribution is -2.38. The van der Waals surface area contributed by atoms with Gasteiger partial charge in [0.25, 0.3) is 0 Å². The molecule has 0 aliphatic rings. The van der Waals surface area contributed by atoms with E-state index in [1.165, 1.54) is 7.11 Å². The van der Waals surface area contributed by atoms with Gasteiger partial charge in [-0.2, -0.15) is 0 Å². The number of aliphatic carboxylic acids is 1. The maximum Gasteiger partial charge on any atom is 0.410 e. The van der Waals surface area contributed by atoms with Crippen molar-refractivity contribution in [2.75, 3.05) is 33.4 Å². The fourth-order valence-corrected chi connectivity index (χ4v) is 0.995. The summed E-state index contributed by atoms with van der Waals surface area (Å²) < 4.78 is 9.70. The highest BCUT2D eigenvalue weighted by Crippen LogP contribution is 1.97. The van der Waals surface area contributed by atoms with Gasteiger partial charge in [0.15, 0.2) is 0 Å². The van der Waals surface area contributed by atoms with Gasteiger partial charge >= 0.3 is 12.1 Å². The highest BCUT2D eigenvalue weighted by Gasteiger charge is 2.17. The number of carbonyl (C=O) groups is 2.